The molecule has 7 nitrogen and oxygen atoms in total. The second-order valence-electron chi connectivity index (χ2n) is 4.25. The predicted octanol–water partition coefficient (Wildman–Crippen LogP) is 0.0940. The molecule has 1 aromatic carbocycles. The summed E-state index contributed by atoms with van der Waals surface area (Å²) in [5, 5.41) is 8.63. The third-order valence-corrected chi connectivity index (χ3v) is 2.59. The molecule has 2 aromatic rings. The molecule has 1 aromatic heterocycles. The number of rotatable bonds is 4. The van der Waals surface area contributed by atoms with Crippen LogP contribution in [0.15, 0.2) is 29.1 Å². The molecule has 0 aliphatic rings. The highest BCUT2D eigenvalue weighted by molar-refractivity contribution is 5.95. The Bertz CT molecular complexity index is 629. The highest BCUT2D eigenvalue weighted by atomic mass is 16.2. The van der Waals surface area contributed by atoms with E-state index in [1.54, 1.807) is 12.1 Å². The number of nitrogens with zero attached hydrogens (tertiary/aromatic N) is 2. The Kier molecular flexibility index (Phi) is 3.65. The van der Waals surface area contributed by atoms with E-state index in [0.717, 1.165) is 5.69 Å². The quantitative estimate of drug-likeness (QED) is 0.727. The second-order valence-corrected chi connectivity index (χ2v) is 4.25. The molecule has 19 heavy (non-hydrogen) atoms. The Balaban J connectivity index is 2.03. The lowest BCUT2D eigenvalue weighted by atomic mass is 10.2. The third-order valence-electron chi connectivity index (χ3n) is 2.59. The summed E-state index contributed by atoms with van der Waals surface area (Å²) in [5.74, 6) is 0.176. The van der Waals surface area contributed by atoms with Crippen LogP contribution in [-0.2, 0) is 6.54 Å². The molecule has 0 aliphatic carbocycles. The predicted molar refractivity (Wildman–Crippen MR) is 71.1 cm³/mol. The highest BCUT2D eigenvalue weighted by Crippen LogP contribution is 2.13. The number of hydrogen-bond acceptors (Lipinski definition) is 4. The van der Waals surface area contributed by atoms with Crippen molar-refractivity contribution in [3.63, 3.8) is 0 Å². The van der Waals surface area contributed by atoms with E-state index in [2.05, 4.69) is 20.5 Å². The van der Waals surface area contributed by atoms with Gasteiger partial charge in [-0.05, 0) is 18.2 Å². The normalized spacial score (nSPS) is 10.2. The maximum atomic E-state index is 11.9. The zero-order chi connectivity index (χ0) is 13.8. The fraction of sp³-hybridized carbons (Fsp3) is 0.250. The van der Waals surface area contributed by atoms with Crippen molar-refractivity contribution in [3.8, 4) is 0 Å². The van der Waals surface area contributed by atoms with E-state index >= 15 is 0 Å². The van der Waals surface area contributed by atoms with E-state index in [1.165, 1.54) is 0 Å². The maximum Gasteiger partial charge on any atom is 0.340 e. The van der Waals surface area contributed by atoms with E-state index in [-0.39, 0.29) is 18.1 Å². The van der Waals surface area contributed by atoms with E-state index in [0.29, 0.717) is 11.4 Å². The number of benzene rings is 1. The van der Waals surface area contributed by atoms with Crippen LogP contribution in [0.5, 0.6) is 0 Å². The number of anilines is 1. The SMILES string of the molecule is CN(C)c1cccc(C(=O)NCc2n[nH]c(=O)[nH]2)c1. The second kappa shape index (κ2) is 5.38. The van der Waals surface area contributed by atoms with E-state index in [9.17, 15) is 9.59 Å². The number of amides is 1. The largest absolute Gasteiger partial charge is 0.378 e. The molecule has 0 fully saturated rings. The van der Waals surface area contributed by atoms with Gasteiger partial charge in [-0.3, -0.25) is 9.78 Å². The van der Waals surface area contributed by atoms with Gasteiger partial charge in [0.25, 0.3) is 5.91 Å². The van der Waals surface area contributed by atoms with E-state index in [1.807, 2.05) is 31.1 Å². The van der Waals surface area contributed by atoms with Crippen LogP contribution in [0.1, 0.15) is 16.2 Å². The molecule has 0 spiro atoms. The minimum Gasteiger partial charge on any atom is -0.378 e. The molecule has 100 valence electrons. The Morgan fingerprint density at radius 3 is 2.84 bits per heavy atom. The van der Waals surface area contributed by atoms with Crippen LogP contribution >= 0.6 is 0 Å². The molecular formula is C12H15N5O2. The molecule has 0 saturated heterocycles. The summed E-state index contributed by atoms with van der Waals surface area (Å²) in [6.45, 7) is 0.170. The number of carbonyl (C=O) groups excluding carboxylic acids is 1. The Labute approximate surface area is 109 Å². The first-order chi connectivity index (χ1) is 9.06. The summed E-state index contributed by atoms with van der Waals surface area (Å²) in [4.78, 5) is 27.2. The average Bonchev–Trinajstić information content (AvgIpc) is 2.82. The zero-order valence-electron chi connectivity index (χ0n) is 10.7. The molecule has 0 bridgehead atoms. The molecule has 0 aliphatic heterocycles. The lowest BCUT2D eigenvalue weighted by molar-refractivity contribution is 0.0950. The van der Waals surface area contributed by atoms with Crippen molar-refractivity contribution in [1.82, 2.24) is 20.5 Å². The third kappa shape index (κ3) is 3.21. The molecule has 0 unspecified atom stereocenters. The molecule has 0 saturated carbocycles. The number of nitrogens with one attached hydrogen (secondary N) is 3. The van der Waals surface area contributed by atoms with Gasteiger partial charge in [0.2, 0.25) is 0 Å². The molecule has 7 heteroatoms. The van der Waals surface area contributed by atoms with Crippen molar-refractivity contribution >= 4 is 11.6 Å². The summed E-state index contributed by atoms with van der Waals surface area (Å²) < 4.78 is 0. The maximum absolute atomic E-state index is 11.9. The van der Waals surface area contributed by atoms with Gasteiger partial charge in [-0.2, -0.15) is 5.10 Å². The molecule has 1 heterocycles. The fourth-order valence-corrected chi connectivity index (χ4v) is 1.58. The van der Waals surface area contributed by atoms with Gasteiger partial charge in [-0.25, -0.2) is 9.89 Å². The summed E-state index contributed by atoms with van der Waals surface area (Å²) in [6, 6.07) is 7.26. The zero-order valence-corrected chi connectivity index (χ0v) is 10.7. The Morgan fingerprint density at radius 1 is 1.42 bits per heavy atom. The Hall–Kier alpha value is -2.57. The monoisotopic (exact) mass is 261 g/mol. The van der Waals surface area contributed by atoms with Crippen LogP contribution in [0.25, 0.3) is 0 Å². The van der Waals surface area contributed by atoms with Gasteiger partial charge in [0.05, 0.1) is 6.54 Å². The molecule has 3 N–H and O–H groups in total. The van der Waals surface area contributed by atoms with Gasteiger partial charge in [0, 0.05) is 25.3 Å². The summed E-state index contributed by atoms with van der Waals surface area (Å²) in [5.41, 5.74) is 1.11. The van der Waals surface area contributed by atoms with Gasteiger partial charge < -0.3 is 10.2 Å². The number of H-pyrrole nitrogens is 2. The van der Waals surface area contributed by atoms with Crippen LogP contribution in [0.4, 0.5) is 5.69 Å². The van der Waals surface area contributed by atoms with Crippen molar-refractivity contribution in [2.75, 3.05) is 19.0 Å². The molecule has 1 amide bonds. The summed E-state index contributed by atoms with van der Waals surface area (Å²) in [7, 11) is 3.82. The molecule has 0 atom stereocenters. The molecule has 0 radical (unpaired) electrons. The minimum absolute atomic E-state index is 0.170. The fourth-order valence-electron chi connectivity index (χ4n) is 1.58. The Morgan fingerprint density at radius 2 is 2.21 bits per heavy atom. The molecular weight excluding hydrogens is 246 g/mol. The smallest absolute Gasteiger partial charge is 0.340 e. The van der Waals surface area contributed by atoms with Gasteiger partial charge in [0.15, 0.2) is 0 Å². The van der Waals surface area contributed by atoms with Crippen molar-refractivity contribution in [2.45, 2.75) is 6.54 Å². The van der Waals surface area contributed by atoms with Gasteiger partial charge in [-0.1, -0.05) is 6.07 Å². The van der Waals surface area contributed by atoms with Gasteiger partial charge >= 0.3 is 5.69 Å². The average molecular weight is 261 g/mol. The van der Waals surface area contributed by atoms with Crippen LogP contribution in [0.3, 0.4) is 0 Å². The molecule has 2 rings (SSSR count). The lowest BCUT2D eigenvalue weighted by Crippen LogP contribution is -2.24. The van der Waals surface area contributed by atoms with Gasteiger partial charge in [-0.15, -0.1) is 0 Å². The van der Waals surface area contributed by atoms with Crippen LogP contribution < -0.4 is 15.9 Å². The number of hydrogen-bond donors (Lipinski definition) is 3. The number of aromatic nitrogens is 3. The lowest BCUT2D eigenvalue weighted by Gasteiger charge is -2.13. The first-order valence-electron chi connectivity index (χ1n) is 5.75. The van der Waals surface area contributed by atoms with Crippen LogP contribution in [0, 0.1) is 0 Å². The number of carbonyl (C=O) groups is 1. The van der Waals surface area contributed by atoms with Crippen molar-refractivity contribution in [2.24, 2.45) is 0 Å². The van der Waals surface area contributed by atoms with Crippen molar-refractivity contribution in [1.29, 1.82) is 0 Å². The first-order valence-corrected chi connectivity index (χ1v) is 5.75. The number of aromatic amines is 2. The van der Waals surface area contributed by atoms with Crippen molar-refractivity contribution in [3.05, 3.63) is 46.1 Å². The summed E-state index contributed by atoms with van der Waals surface area (Å²) >= 11 is 0. The van der Waals surface area contributed by atoms with Gasteiger partial charge in [0.1, 0.15) is 5.82 Å². The minimum atomic E-state index is -0.390. The van der Waals surface area contributed by atoms with E-state index in [4.69, 9.17) is 0 Å². The highest BCUT2D eigenvalue weighted by Gasteiger charge is 2.07. The van der Waals surface area contributed by atoms with Crippen LogP contribution in [0.2, 0.25) is 0 Å². The van der Waals surface area contributed by atoms with Crippen LogP contribution in [-0.4, -0.2) is 35.2 Å². The topological polar surface area (TPSA) is 93.9 Å². The van der Waals surface area contributed by atoms with Crippen molar-refractivity contribution < 1.29 is 4.79 Å². The summed E-state index contributed by atoms with van der Waals surface area (Å²) in [6.07, 6.45) is 0. The first kappa shape index (κ1) is 12.9. The van der Waals surface area contributed by atoms with E-state index < -0.39 is 0 Å². The standard InChI is InChI=1S/C12H15N5O2/c1-17(2)9-5-3-4-8(6-9)11(18)13-7-10-14-12(19)16-15-10/h3-6H,7H2,1-2H3,(H,13,18)(H2,14,15,16,19).